The van der Waals surface area contributed by atoms with Gasteiger partial charge in [-0.3, -0.25) is 10.7 Å². The Bertz CT molecular complexity index is 355. The number of hydrogen-bond donors (Lipinski definition) is 5. The summed E-state index contributed by atoms with van der Waals surface area (Å²) in [5.74, 6) is 0.0971. The van der Waals surface area contributed by atoms with Gasteiger partial charge in [0.25, 0.3) is 0 Å². The van der Waals surface area contributed by atoms with Crippen LogP contribution in [0.25, 0.3) is 0 Å². The minimum absolute atomic E-state index is 0.0278. The van der Waals surface area contributed by atoms with Crippen LogP contribution in [0.15, 0.2) is 12.8 Å². The summed E-state index contributed by atoms with van der Waals surface area (Å²) in [6.07, 6.45) is 2.60. The summed E-state index contributed by atoms with van der Waals surface area (Å²) in [6.45, 7) is 11.0. The van der Waals surface area contributed by atoms with Crippen molar-refractivity contribution in [3.8, 4) is 0 Å². The van der Waals surface area contributed by atoms with Gasteiger partial charge >= 0.3 is 0 Å². The Morgan fingerprint density at radius 1 is 1.42 bits per heavy atom. The van der Waals surface area contributed by atoms with Crippen LogP contribution in [0.3, 0.4) is 0 Å². The summed E-state index contributed by atoms with van der Waals surface area (Å²) in [5.41, 5.74) is 5.42. The molecule has 6 N–H and O–H groups in total. The molecule has 0 fully saturated rings. The number of nitrogens with two attached hydrogens (primary N) is 1. The van der Waals surface area contributed by atoms with Gasteiger partial charge in [0.1, 0.15) is 12.3 Å². The van der Waals surface area contributed by atoms with Gasteiger partial charge in [-0.1, -0.05) is 40.2 Å². The van der Waals surface area contributed by atoms with Crippen LogP contribution in [0.5, 0.6) is 0 Å². The molecule has 0 spiro atoms. The van der Waals surface area contributed by atoms with Crippen LogP contribution >= 0.6 is 0 Å². The molecule has 0 bridgehead atoms. The standard InChI is InChI=1S/C17H36N4O3/c1-5-8-10-20-15(22)12-24-17(16(23)13(4)6-2)21(7-3)11-9-14(18)19/h7,13,15-17,20,22-23H,3,5-6,8-12H2,1-2,4H3,(H3,18,19). The summed E-state index contributed by atoms with van der Waals surface area (Å²) in [5, 5.41) is 30.9. The third kappa shape index (κ3) is 9.22. The highest BCUT2D eigenvalue weighted by atomic mass is 16.5. The summed E-state index contributed by atoms with van der Waals surface area (Å²) in [7, 11) is 0. The number of nitrogens with zero attached hydrogens (tertiary/aromatic N) is 1. The Kier molecular flexibility index (Phi) is 12.5. The molecule has 0 saturated carbocycles. The van der Waals surface area contributed by atoms with E-state index in [-0.39, 0.29) is 18.4 Å². The second-order valence-electron chi connectivity index (χ2n) is 6.12. The van der Waals surface area contributed by atoms with Gasteiger partial charge in [-0.25, -0.2) is 0 Å². The van der Waals surface area contributed by atoms with Gasteiger partial charge in [0.05, 0.1) is 12.4 Å². The number of nitrogens with one attached hydrogen (secondary N) is 2. The molecule has 0 aliphatic heterocycles. The Hall–Kier alpha value is -1.15. The SMILES string of the molecule is C=CN(CCC(=N)N)C(OCC(O)NCCCC)C(O)C(C)CC. The van der Waals surface area contributed by atoms with Crippen LogP contribution in [0, 0.1) is 11.3 Å². The first-order valence-electron chi connectivity index (χ1n) is 8.79. The van der Waals surface area contributed by atoms with Crippen molar-refractivity contribution in [2.24, 2.45) is 11.7 Å². The van der Waals surface area contributed by atoms with Crippen molar-refractivity contribution >= 4 is 5.84 Å². The van der Waals surface area contributed by atoms with Crippen molar-refractivity contribution < 1.29 is 14.9 Å². The fourth-order valence-corrected chi connectivity index (χ4v) is 2.18. The van der Waals surface area contributed by atoms with Crippen molar-refractivity contribution in [2.75, 3.05) is 19.7 Å². The molecule has 7 heteroatoms. The average Bonchev–Trinajstić information content (AvgIpc) is 2.56. The first kappa shape index (κ1) is 22.9. The Balaban J connectivity index is 4.78. The highest BCUT2D eigenvalue weighted by molar-refractivity contribution is 5.76. The fourth-order valence-electron chi connectivity index (χ4n) is 2.18. The van der Waals surface area contributed by atoms with Gasteiger partial charge in [-0.05, 0) is 25.1 Å². The van der Waals surface area contributed by atoms with E-state index >= 15 is 0 Å². The second kappa shape index (κ2) is 13.2. The van der Waals surface area contributed by atoms with Crippen LogP contribution in [-0.2, 0) is 4.74 Å². The van der Waals surface area contributed by atoms with Crippen molar-refractivity contribution in [3.63, 3.8) is 0 Å². The third-order valence-electron chi connectivity index (χ3n) is 4.05. The van der Waals surface area contributed by atoms with Crippen LogP contribution in [0.1, 0.15) is 46.5 Å². The molecule has 0 aromatic carbocycles. The molecule has 0 aliphatic rings. The molecule has 0 amide bonds. The minimum atomic E-state index is -0.789. The number of aliphatic hydroxyl groups excluding tert-OH is 2. The van der Waals surface area contributed by atoms with Crippen molar-refractivity contribution in [2.45, 2.75) is 65.0 Å². The molecule has 0 aromatic heterocycles. The predicted octanol–water partition coefficient (Wildman–Crippen LogP) is 1.22. The molecule has 4 atom stereocenters. The van der Waals surface area contributed by atoms with Gasteiger partial charge in [-0.2, -0.15) is 0 Å². The summed E-state index contributed by atoms with van der Waals surface area (Å²) >= 11 is 0. The van der Waals surface area contributed by atoms with Crippen LogP contribution in [-0.4, -0.2) is 59.2 Å². The topological polar surface area (TPSA) is 115 Å². The number of hydrogen-bond acceptors (Lipinski definition) is 6. The zero-order chi connectivity index (χ0) is 18.5. The van der Waals surface area contributed by atoms with Crippen LogP contribution in [0.2, 0.25) is 0 Å². The molecule has 0 aliphatic carbocycles. The maximum atomic E-state index is 10.6. The monoisotopic (exact) mass is 344 g/mol. The Morgan fingerprint density at radius 2 is 2.08 bits per heavy atom. The normalized spacial score (nSPS) is 16.2. The molecule has 0 aromatic rings. The third-order valence-corrected chi connectivity index (χ3v) is 4.05. The maximum Gasteiger partial charge on any atom is 0.156 e. The van der Waals surface area contributed by atoms with Gasteiger partial charge in [0.2, 0.25) is 0 Å². The van der Waals surface area contributed by atoms with Crippen molar-refractivity contribution in [1.82, 2.24) is 10.2 Å². The van der Waals surface area contributed by atoms with Crippen molar-refractivity contribution in [3.05, 3.63) is 12.8 Å². The highest BCUT2D eigenvalue weighted by Crippen LogP contribution is 2.18. The number of amidine groups is 1. The highest BCUT2D eigenvalue weighted by Gasteiger charge is 2.29. The molecule has 0 saturated heterocycles. The number of unbranched alkanes of at least 4 members (excludes halogenated alkanes) is 1. The Morgan fingerprint density at radius 3 is 2.58 bits per heavy atom. The van der Waals surface area contributed by atoms with E-state index in [1.54, 1.807) is 11.1 Å². The summed E-state index contributed by atoms with van der Waals surface area (Å²) < 4.78 is 5.79. The average molecular weight is 345 g/mol. The molecular formula is C17H36N4O3. The van der Waals surface area contributed by atoms with E-state index < -0.39 is 18.6 Å². The van der Waals surface area contributed by atoms with Crippen molar-refractivity contribution in [1.29, 1.82) is 5.41 Å². The zero-order valence-corrected chi connectivity index (χ0v) is 15.4. The van der Waals surface area contributed by atoms with Crippen LogP contribution < -0.4 is 11.1 Å². The lowest BCUT2D eigenvalue weighted by Gasteiger charge is -2.36. The largest absolute Gasteiger partial charge is 0.388 e. The summed E-state index contributed by atoms with van der Waals surface area (Å²) in [6, 6.07) is 0. The van der Waals surface area contributed by atoms with E-state index in [1.165, 1.54) is 0 Å². The lowest BCUT2D eigenvalue weighted by Crippen LogP contribution is -2.48. The fraction of sp³-hybridized carbons (Fsp3) is 0.824. The van der Waals surface area contributed by atoms with E-state index in [0.717, 1.165) is 25.8 Å². The molecule has 142 valence electrons. The molecule has 24 heavy (non-hydrogen) atoms. The van der Waals surface area contributed by atoms with Gasteiger partial charge in [0.15, 0.2) is 6.23 Å². The quantitative estimate of drug-likeness (QED) is 0.132. The van der Waals surface area contributed by atoms with Gasteiger partial charge in [-0.15, -0.1) is 0 Å². The number of rotatable bonds is 15. The lowest BCUT2D eigenvalue weighted by atomic mass is 10.00. The van der Waals surface area contributed by atoms with E-state index in [1.807, 2.05) is 13.8 Å². The smallest absolute Gasteiger partial charge is 0.156 e. The zero-order valence-electron chi connectivity index (χ0n) is 15.4. The van der Waals surface area contributed by atoms with E-state index in [0.29, 0.717) is 13.0 Å². The van der Waals surface area contributed by atoms with Crippen LogP contribution in [0.4, 0.5) is 0 Å². The van der Waals surface area contributed by atoms with Gasteiger partial charge < -0.3 is 25.6 Å². The minimum Gasteiger partial charge on any atom is -0.388 e. The second-order valence-corrected chi connectivity index (χ2v) is 6.12. The molecule has 7 nitrogen and oxygen atoms in total. The van der Waals surface area contributed by atoms with E-state index in [2.05, 4.69) is 18.8 Å². The molecule has 0 rings (SSSR count). The first-order chi connectivity index (χ1) is 11.4. The van der Waals surface area contributed by atoms with E-state index in [9.17, 15) is 10.2 Å². The maximum absolute atomic E-state index is 10.6. The molecule has 0 heterocycles. The summed E-state index contributed by atoms with van der Waals surface area (Å²) in [4.78, 5) is 1.73. The molecular weight excluding hydrogens is 308 g/mol. The van der Waals surface area contributed by atoms with Gasteiger partial charge in [0, 0.05) is 13.0 Å². The predicted molar refractivity (Wildman–Crippen MR) is 97.6 cm³/mol. The Labute approximate surface area is 146 Å². The molecule has 0 radical (unpaired) electrons. The lowest BCUT2D eigenvalue weighted by molar-refractivity contribution is -0.142. The molecule has 4 unspecified atom stereocenters. The van der Waals surface area contributed by atoms with E-state index in [4.69, 9.17) is 15.9 Å². The number of aliphatic hydroxyl groups is 2. The number of ether oxygens (including phenoxy) is 1. The first-order valence-corrected chi connectivity index (χ1v) is 8.79.